The second kappa shape index (κ2) is 7.67. The number of aromatic nitrogens is 2. The Labute approximate surface area is 186 Å². The molecule has 0 spiro atoms. The lowest BCUT2D eigenvalue weighted by Crippen LogP contribution is -2.40. The van der Waals surface area contributed by atoms with E-state index in [2.05, 4.69) is 32.0 Å². The van der Waals surface area contributed by atoms with Crippen molar-refractivity contribution in [2.45, 2.75) is 24.7 Å². The number of alkyl halides is 4. The molecule has 2 aliphatic rings. The van der Waals surface area contributed by atoms with Crippen LogP contribution < -0.4 is 4.74 Å². The molecule has 0 amide bonds. The summed E-state index contributed by atoms with van der Waals surface area (Å²) in [6.45, 7) is 1.32. The molecule has 0 bridgehead atoms. The van der Waals surface area contributed by atoms with Crippen LogP contribution in [0.5, 0.6) is 5.75 Å². The molecule has 0 saturated heterocycles. The summed E-state index contributed by atoms with van der Waals surface area (Å²) in [5.41, 5.74) is 3.12. The summed E-state index contributed by atoms with van der Waals surface area (Å²) in [6.07, 6.45) is -2.37. The Bertz CT molecular complexity index is 1130. The van der Waals surface area contributed by atoms with Crippen LogP contribution >= 0.6 is 15.9 Å². The minimum Gasteiger partial charge on any atom is -0.491 e. The Morgan fingerprint density at radius 1 is 1.10 bits per heavy atom. The van der Waals surface area contributed by atoms with Crippen molar-refractivity contribution in [3.05, 3.63) is 71.0 Å². The second-order valence-electron chi connectivity index (χ2n) is 7.96. The van der Waals surface area contributed by atoms with E-state index >= 15 is 0 Å². The SMILES string of the molecule is Cn1cc(-c2cccc3c2CCN(C2COc4ccccc42)C3CBr)c(C(F)(F)F)n1. The van der Waals surface area contributed by atoms with Gasteiger partial charge < -0.3 is 4.74 Å². The van der Waals surface area contributed by atoms with Gasteiger partial charge in [-0.25, -0.2) is 0 Å². The van der Waals surface area contributed by atoms with Gasteiger partial charge in [0.15, 0.2) is 5.69 Å². The van der Waals surface area contributed by atoms with Gasteiger partial charge in [-0.15, -0.1) is 0 Å². The van der Waals surface area contributed by atoms with Gasteiger partial charge in [-0.2, -0.15) is 18.3 Å². The van der Waals surface area contributed by atoms with E-state index in [1.54, 1.807) is 6.07 Å². The number of aryl methyl sites for hydroxylation is 1. The smallest absolute Gasteiger partial charge is 0.435 e. The van der Waals surface area contributed by atoms with Crippen LogP contribution in [0.2, 0.25) is 0 Å². The first-order valence-electron chi connectivity index (χ1n) is 10.1. The van der Waals surface area contributed by atoms with Crippen molar-refractivity contribution < 1.29 is 17.9 Å². The molecule has 2 aliphatic heterocycles. The molecule has 4 nitrogen and oxygen atoms in total. The van der Waals surface area contributed by atoms with Gasteiger partial charge in [0.05, 0.1) is 6.04 Å². The molecule has 0 aliphatic carbocycles. The maximum atomic E-state index is 13.6. The molecule has 3 aromatic rings. The highest BCUT2D eigenvalue weighted by Gasteiger charge is 2.40. The summed E-state index contributed by atoms with van der Waals surface area (Å²) in [6, 6.07) is 13.9. The fourth-order valence-corrected chi connectivity index (χ4v) is 5.60. The highest BCUT2D eigenvalue weighted by Crippen LogP contribution is 2.45. The van der Waals surface area contributed by atoms with Gasteiger partial charge in [0.2, 0.25) is 0 Å². The summed E-state index contributed by atoms with van der Waals surface area (Å²) in [7, 11) is 1.52. The summed E-state index contributed by atoms with van der Waals surface area (Å²) in [5, 5.41) is 4.39. The van der Waals surface area contributed by atoms with Gasteiger partial charge in [0.1, 0.15) is 12.4 Å². The van der Waals surface area contributed by atoms with E-state index in [-0.39, 0.29) is 17.6 Å². The first-order valence-corrected chi connectivity index (χ1v) is 11.3. The van der Waals surface area contributed by atoms with Crippen molar-refractivity contribution in [1.29, 1.82) is 0 Å². The fraction of sp³-hybridized carbons (Fsp3) is 0.348. The third-order valence-corrected chi connectivity index (χ3v) is 6.81. The molecule has 0 radical (unpaired) electrons. The van der Waals surface area contributed by atoms with Crippen molar-refractivity contribution in [3.63, 3.8) is 0 Å². The van der Waals surface area contributed by atoms with Crippen LogP contribution in [-0.2, 0) is 19.6 Å². The normalized spacial score (nSPS) is 20.9. The predicted octanol–water partition coefficient (Wildman–Crippen LogP) is 5.53. The highest BCUT2D eigenvalue weighted by atomic mass is 79.9. The molecule has 2 atom stereocenters. The number of para-hydroxylation sites is 1. The van der Waals surface area contributed by atoms with E-state index in [1.165, 1.54) is 23.5 Å². The van der Waals surface area contributed by atoms with Gasteiger partial charge in [0, 0.05) is 42.3 Å². The molecule has 0 fully saturated rings. The van der Waals surface area contributed by atoms with Crippen LogP contribution in [0, 0.1) is 0 Å². The Morgan fingerprint density at radius 2 is 1.87 bits per heavy atom. The third kappa shape index (κ3) is 3.46. The van der Waals surface area contributed by atoms with E-state index in [0.717, 1.165) is 23.4 Å². The lowest BCUT2D eigenvalue weighted by molar-refractivity contribution is -0.140. The molecule has 0 N–H and O–H groups in total. The van der Waals surface area contributed by atoms with Gasteiger partial charge in [0.25, 0.3) is 0 Å². The maximum absolute atomic E-state index is 13.6. The Morgan fingerprint density at radius 3 is 2.65 bits per heavy atom. The number of rotatable bonds is 3. The molecule has 0 saturated carbocycles. The molecule has 5 rings (SSSR count). The van der Waals surface area contributed by atoms with E-state index in [1.807, 2.05) is 30.3 Å². The zero-order valence-corrected chi connectivity index (χ0v) is 18.4. The molecular formula is C23H21BrF3N3O. The Kier molecular flexibility index (Phi) is 5.09. The molecular weight excluding hydrogens is 471 g/mol. The lowest BCUT2D eigenvalue weighted by atomic mass is 9.86. The van der Waals surface area contributed by atoms with Crippen molar-refractivity contribution in [3.8, 4) is 16.9 Å². The van der Waals surface area contributed by atoms with E-state index < -0.39 is 11.9 Å². The first-order chi connectivity index (χ1) is 14.9. The van der Waals surface area contributed by atoms with E-state index in [4.69, 9.17) is 4.74 Å². The minimum absolute atomic E-state index is 0.0365. The van der Waals surface area contributed by atoms with Crippen molar-refractivity contribution in [2.24, 2.45) is 7.05 Å². The summed E-state index contributed by atoms with van der Waals surface area (Å²) in [5.74, 6) is 0.908. The van der Waals surface area contributed by atoms with Crippen LogP contribution in [0.3, 0.4) is 0 Å². The largest absolute Gasteiger partial charge is 0.491 e. The van der Waals surface area contributed by atoms with Gasteiger partial charge in [-0.05, 0) is 29.2 Å². The van der Waals surface area contributed by atoms with Crippen LogP contribution in [0.4, 0.5) is 13.2 Å². The molecule has 3 heterocycles. The van der Waals surface area contributed by atoms with Gasteiger partial charge >= 0.3 is 6.18 Å². The van der Waals surface area contributed by atoms with Gasteiger partial charge in [-0.1, -0.05) is 52.3 Å². The number of hydrogen-bond donors (Lipinski definition) is 0. The third-order valence-electron chi connectivity index (χ3n) is 6.20. The van der Waals surface area contributed by atoms with Crippen LogP contribution in [0.1, 0.15) is 34.5 Å². The van der Waals surface area contributed by atoms with Crippen molar-refractivity contribution in [1.82, 2.24) is 14.7 Å². The maximum Gasteiger partial charge on any atom is 0.435 e. The van der Waals surface area contributed by atoms with Crippen molar-refractivity contribution >= 4 is 15.9 Å². The molecule has 1 aromatic heterocycles. The first kappa shape index (κ1) is 20.6. The monoisotopic (exact) mass is 491 g/mol. The standard InChI is InChI=1S/C23H21BrF3N3O/c1-29-12-18(22(28-29)23(25,26)27)14-6-4-7-16-15(14)9-10-30(19(16)11-24)20-13-31-21-8-3-2-5-17(20)21/h2-8,12,19-20H,9-11,13H2,1H3. The summed E-state index contributed by atoms with van der Waals surface area (Å²) < 4.78 is 48.0. The molecule has 2 aromatic carbocycles. The number of ether oxygens (including phenoxy) is 1. The van der Waals surface area contributed by atoms with Crippen LogP contribution in [0.15, 0.2) is 48.7 Å². The average molecular weight is 492 g/mol. The zero-order chi connectivity index (χ0) is 21.8. The average Bonchev–Trinajstić information content (AvgIpc) is 3.36. The van der Waals surface area contributed by atoms with Gasteiger partial charge in [-0.3, -0.25) is 9.58 Å². The number of halogens is 4. The Balaban J connectivity index is 1.57. The van der Waals surface area contributed by atoms with E-state index in [0.29, 0.717) is 23.9 Å². The minimum atomic E-state index is -4.50. The quantitative estimate of drug-likeness (QED) is 0.451. The molecule has 31 heavy (non-hydrogen) atoms. The number of hydrogen-bond acceptors (Lipinski definition) is 3. The zero-order valence-electron chi connectivity index (χ0n) is 16.9. The highest BCUT2D eigenvalue weighted by molar-refractivity contribution is 9.09. The summed E-state index contributed by atoms with van der Waals surface area (Å²) in [4.78, 5) is 2.40. The number of fused-ring (bicyclic) bond motifs is 2. The molecule has 8 heteroatoms. The Hall–Kier alpha value is -2.32. The molecule has 162 valence electrons. The second-order valence-corrected chi connectivity index (χ2v) is 8.61. The molecule has 2 unspecified atom stereocenters. The van der Waals surface area contributed by atoms with E-state index in [9.17, 15) is 13.2 Å². The lowest BCUT2D eigenvalue weighted by Gasteiger charge is -2.40. The van der Waals surface area contributed by atoms with Crippen molar-refractivity contribution in [2.75, 3.05) is 18.5 Å². The fourth-order valence-electron chi connectivity index (χ4n) is 4.88. The number of nitrogens with zero attached hydrogens (tertiary/aromatic N) is 3. The topological polar surface area (TPSA) is 30.3 Å². The van der Waals surface area contributed by atoms with Crippen LogP contribution in [-0.4, -0.2) is 33.2 Å². The predicted molar refractivity (Wildman–Crippen MR) is 115 cm³/mol. The van der Waals surface area contributed by atoms with Crippen LogP contribution in [0.25, 0.3) is 11.1 Å². The summed E-state index contributed by atoms with van der Waals surface area (Å²) >= 11 is 3.66. The number of benzene rings is 2.